The van der Waals surface area contributed by atoms with Crippen molar-refractivity contribution in [3.8, 4) is 0 Å². The van der Waals surface area contributed by atoms with Crippen molar-refractivity contribution < 1.29 is 4.79 Å². The Hall–Kier alpha value is -3.25. The minimum Gasteiger partial charge on any atom is -0.367 e. The number of amides is 2. The van der Waals surface area contributed by atoms with E-state index in [9.17, 15) is 4.79 Å². The van der Waals surface area contributed by atoms with E-state index in [1.807, 2.05) is 53.6 Å². The average molecular weight is 415 g/mol. The van der Waals surface area contributed by atoms with E-state index in [2.05, 4.69) is 35.7 Å². The molecule has 2 aliphatic rings. The van der Waals surface area contributed by atoms with Crippen LogP contribution >= 0.6 is 11.8 Å². The lowest BCUT2D eigenvalue weighted by atomic mass is 10.1. The van der Waals surface area contributed by atoms with Gasteiger partial charge in [0.1, 0.15) is 5.82 Å². The third-order valence-electron chi connectivity index (χ3n) is 5.38. The predicted octanol–water partition coefficient (Wildman–Crippen LogP) is 4.77. The van der Waals surface area contributed by atoms with Gasteiger partial charge in [-0.25, -0.2) is 9.69 Å². The van der Waals surface area contributed by atoms with Crippen LogP contribution in [0.2, 0.25) is 0 Å². The van der Waals surface area contributed by atoms with Gasteiger partial charge in [-0.05, 0) is 36.6 Å². The maximum absolute atomic E-state index is 13.6. The SMILES string of the molecule is CSc1cccc(N2C(=O)N(Cc3ccc4ccccc4n3)CC3=C2NCC=C3)c1. The zero-order chi connectivity index (χ0) is 20.5. The van der Waals surface area contributed by atoms with Gasteiger partial charge >= 0.3 is 6.03 Å². The average Bonchev–Trinajstić information content (AvgIpc) is 2.79. The summed E-state index contributed by atoms with van der Waals surface area (Å²) in [6.07, 6.45) is 6.25. The van der Waals surface area contributed by atoms with Gasteiger partial charge in [-0.1, -0.05) is 42.5 Å². The number of aromatic nitrogens is 1. The fourth-order valence-electron chi connectivity index (χ4n) is 3.91. The van der Waals surface area contributed by atoms with Crippen LogP contribution in [-0.4, -0.2) is 35.3 Å². The van der Waals surface area contributed by atoms with Crippen LogP contribution in [0.25, 0.3) is 10.9 Å². The van der Waals surface area contributed by atoms with Gasteiger partial charge < -0.3 is 10.2 Å². The van der Waals surface area contributed by atoms with Gasteiger partial charge in [-0.15, -0.1) is 11.8 Å². The Morgan fingerprint density at radius 1 is 1.10 bits per heavy atom. The number of fused-ring (bicyclic) bond motifs is 1. The highest BCUT2D eigenvalue weighted by molar-refractivity contribution is 7.98. The van der Waals surface area contributed by atoms with E-state index in [1.54, 1.807) is 16.7 Å². The van der Waals surface area contributed by atoms with Crippen LogP contribution in [-0.2, 0) is 6.54 Å². The van der Waals surface area contributed by atoms with E-state index in [0.29, 0.717) is 13.1 Å². The molecule has 0 atom stereocenters. The standard InChI is InChI=1S/C24H22N4OS/c1-30-21-9-4-8-20(14-21)28-23-18(7-5-13-25-23)15-27(24(28)29)16-19-12-11-17-6-2-3-10-22(17)26-19/h2-12,14,25H,13,15-16H2,1H3. The molecule has 3 heterocycles. The zero-order valence-electron chi connectivity index (χ0n) is 16.7. The molecule has 0 saturated heterocycles. The van der Waals surface area contributed by atoms with E-state index in [1.165, 1.54) is 0 Å². The molecule has 30 heavy (non-hydrogen) atoms. The second-order valence-electron chi connectivity index (χ2n) is 7.33. The molecule has 0 spiro atoms. The summed E-state index contributed by atoms with van der Waals surface area (Å²) >= 11 is 1.67. The Labute approximate surface area is 180 Å². The fourth-order valence-corrected chi connectivity index (χ4v) is 4.37. The van der Waals surface area contributed by atoms with Gasteiger partial charge in [0.15, 0.2) is 0 Å². The van der Waals surface area contributed by atoms with Crippen molar-refractivity contribution in [2.75, 3.05) is 24.2 Å². The van der Waals surface area contributed by atoms with Gasteiger partial charge in [-0.3, -0.25) is 4.98 Å². The topological polar surface area (TPSA) is 48.5 Å². The number of hydrogen-bond acceptors (Lipinski definition) is 4. The maximum Gasteiger partial charge on any atom is 0.330 e. The van der Waals surface area contributed by atoms with Gasteiger partial charge in [0.05, 0.1) is 30.0 Å². The molecule has 2 aliphatic heterocycles. The van der Waals surface area contributed by atoms with Crippen LogP contribution < -0.4 is 10.2 Å². The molecule has 0 saturated carbocycles. The summed E-state index contributed by atoms with van der Waals surface area (Å²) in [5.74, 6) is 0.878. The first kappa shape index (κ1) is 18.8. The molecule has 0 fully saturated rings. The minimum absolute atomic E-state index is 0.0373. The zero-order valence-corrected chi connectivity index (χ0v) is 17.5. The first-order valence-electron chi connectivity index (χ1n) is 9.94. The monoisotopic (exact) mass is 414 g/mol. The normalized spacial score (nSPS) is 16.1. The predicted molar refractivity (Wildman–Crippen MR) is 122 cm³/mol. The molecule has 1 N–H and O–H groups in total. The molecular formula is C24H22N4OS. The van der Waals surface area contributed by atoms with Crippen molar-refractivity contribution in [1.82, 2.24) is 15.2 Å². The van der Waals surface area contributed by atoms with Crippen molar-refractivity contribution in [2.45, 2.75) is 11.4 Å². The van der Waals surface area contributed by atoms with Crippen molar-refractivity contribution in [2.24, 2.45) is 0 Å². The maximum atomic E-state index is 13.6. The number of anilines is 1. The molecule has 6 heteroatoms. The number of nitrogens with one attached hydrogen (secondary N) is 1. The van der Waals surface area contributed by atoms with Crippen molar-refractivity contribution in [1.29, 1.82) is 0 Å². The summed E-state index contributed by atoms with van der Waals surface area (Å²) in [4.78, 5) is 23.1. The number of rotatable bonds is 4. The number of nitrogens with zero attached hydrogens (tertiary/aromatic N) is 3. The van der Waals surface area contributed by atoms with Gasteiger partial charge in [0.2, 0.25) is 0 Å². The number of urea groups is 1. The first-order chi connectivity index (χ1) is 14.7. The number of carbonyl (C=O) groups excluding carboxylic acids is 1. The Morgan fingerprint density at radius 3 is 2.90 bits per heavy atom. The Kier molecular flexibility index (Phi) is 4.93. The molecule has 2 aromatic carbocycles. The molecular weight excluding hydrogens is 392 g/mol. The molecule has 0 radical (unpaired) electrons. The number of para-hydroxylation sites is 1. The third kappa shape index (κ3) is 3.44. The van der Waals surface area contributed by atoms with Crippen LogP contribution in [0.3, 0.4) is 0 Å². The van der Waals surface area contributed by atoms with Crippen molar-refractivity contribution in [3.63, 3.8) is 0 Å². The van der Waals surface area contributed by atoms with Crippen LogP contribution in [0.15, 0.2) is 89.1 Å². The van der Waals surface area contributed by atoms with E-state index < -0.39 is 0 Å². The van der Waals surface area contributed by atoms with E-state index in [0.717, 1.165) is 45.1 Å². The summed E-state index contributed by atoms with van der Waals surface area (Å²) in [6, 6.07) is 20.2. The van der Waals surface area contributed by atoms with Crippen LogP contribution in [0, 0.1) is 0 Å². The van der Waals surface area contributed by atoms with Crippen LogP contribution in [0.4, 0.5) is 10.5 Å². The molecule has 1 aromatic heterocycles. The molecule has 0 bridgehead atoms. The third-order valence-corrected chi connectivity index (χ3v) is 6.10. The van der Waals surface area contributed by atoms with Crippen LogP contribution in [0.5, 0.6) is 0 Å². The number of benzene rings is 2. The summed E-state index contributed by atoms with van der Waals surface area (Å²) < 4.78 is 0. The lowest BCUT2D eigenvalue weighted by molar-refractivity contribution is 0.203. The van der Waals surface area contributed by atoms with Gasteiger partial charge in [0, 0.05) is 22.4 Å². The summed E-state index contributed by atoms with van der Waals surface area (Å²) in [6.45, 7) is 1.75. The summed E-state index contributed by atoms with van der Waals surface area (Å²) in [5, 5.41) is 4.50. The molecule has 5 rings (SSSR count). The number of hydrogen-bond donors (Lipinski definition) is 1. The highest BCUT2D eigenvalue weighted by Crippen LogP contribution is 2.31. The Morgan fingerprint density at radius 2 is 2.00 bits per heavy atom. The summed E-state index contributed by atoms with van der Waals surface area (Å²) in [7, 11) is 0. The van der Waals surface area contributed by atoms with Gasteiger partial charge in [0.25, 0.3) is 0 Å². The lowest BCUT2D eigenvalue weighted by Crippen LogP contribution is -2.52. The smallest absolute Gasteiger partial charge is 0.330 e. The fraction of sp³-hybridized carbons (Fsp3) is 0.167. The minimum atomic E-state index is -0.0373. The number of thioether (sulfide) groups is 1. The molecule has 0 unspecified atom stereocenters. The van der Waals surface area contributed by atoms with Crippen molar-refractivity contribution in [3.05, 3.63) is 89.9 Å². The molecule has 0 aliphatic carbocycles. The summed E-state index contributed by atoms with van der Waals surface area (Å²) in [5.41, 5.74) is 3.81. The second-order valence-corrected chi connectivity index (χ2v) is 8.21. The Balaban J connectivity index is 1.51. The highest BCUT2D eigenvalue weighted by atomic mass is 32.2. The van der Waals surface area contributed by atoms with Crippen molar-refractivity contribution >= 4 is 34.4 Å². The molecule has 150 valence electrons. The van der Waals surface area contributed by atoms with E-state index in [4.69, 9.17) is 4.98 Å². The second kappa shape index (κ2) is 7.88. The quantitative estimate of drug-likeness (QED) is 0.625. The van der Waals surface area contributed by atoms with Gasteiger partial charge in [-0.2, -0.15) is 0 Å². The number of pyridine rings is 1. The van der Waals surface area contributed by atoms with Crippen LogP contribution in [0.1, 0.15) is 5.69 Å². The first-order valence-corrected chi connectivity index (χ1v) is 11.2. The highest BCUT2D eigenvalue weighted by Gasteiger charge is 2.34. The van der Waals surface area contributed by atoms with E-state index in [-0.39, 0.29) is 6.03 Å². The largest absolute Gasteiger partial charge is 0.367 e. The molecule has 2 amide bonds. The lowest BCUT2D eigenvalue weighted by Gasteiger charge is -2.39. The molecule has 3 aromatic rings. The number of carbonyl (C=O) groups is 1. The van der Waals surface area contributed by atoms with E-state index >= 15 is 0 Å². The number of dihydropyridines is 1. The Bertz CT molecular complexity index is 1190. The molecule has 5 nitrogen and oxygen atoms in total.